The highest BCUT2D eigenvalue weighted by Gasteiger charge is 2.75. The minimum Gasteiger partial charge on any atom is -0.494 e. The van der Waals surface area contributed by atoms with Crippen LogP contribution in [-0.2, 0) is 19.1 Å². The highest BCUT2D eigenvalue weighted by molar-refractivity contribution is 7.99. The van der Waals surface area contributed by atoms with Gasteiger partial charge in [-0.3, -0.25) is 9.59 Å². The Morgan fingerprint density at radius 1 is 1.28 bits per heavy atom. The van der Waals surface area contributed by atoms with Gasteiger partial charge in [-0.05, 0) is 75.1 Å². The third kappa shape index (κ3) is 4.32. The van der Waals surface area contributed by atoms with Crippen LogP contribution in [0.4, 0.5) is 0 Å². The number of carbonyl (C=O) groups is 2. The topological polar surface area (TPSA) is 111 Å². The molecule has 1 aromatic carbocycles. The molecule has 1 aromatic heterocycles. The second-order valence-corrected chi connectivity index (χ2v) is 14.5. The summed E-state index contributed by atoms with van der Waals surface area (Å²) < 4.78 is 19.0. The highest BCUT2D eigenvalue weighted by atomic mass is 32.2. The van der Waals surface area contributed by atoms with Crippen molar-refractivity contribution in [3.63, 3.8) is 0 Å². The van der Waals surface area contributed by atoms with Crippen LogP contribution in [0, 0.1) is 28.6 Å². The Balaban J connectivity index is 1.19. The molecule has 1 saturated heterocycles. The molecule has 43 heavy (non-hydrogen) atoms. The summed E-state index contributed by atoms with van der Waals surface area (Å²) in [6.45, 7) is 8.98. The fraction of sp³-hybridized carbons (Fsp3) is 0.618. The van der Waals surface area contributed by atoms with Gasteiger partial charge < -0.3 is 24.3 Å². The van der Waals surface area contributed by atoms with Gasteiger partial charge in [-0.15, -0.1) is 0 Å². The van der Waals surface area contributed by atoms with Gasteiger partial charge in [-0.25, -0.2) is 4.98 Å². The van der Waals surface area contributed by atoms with Gasteiger partial charge in [0.15, 0.2) is 28.6 Å². The second kappa shape index (κ2) is 10.6. The molecular formula is C34H42N2O6S. The number of aromatic amines is 1. The molecule has 4 aliphatic carbocycles. The third-order valence-electron chi connectivity index (χ3n) is 11.3. The van der Waals surface area contributed by atoms with E-state index in [9.17, 15) is 14.7 Å². The molecule has 4 fully saturated rings. The van der Waals surface area contributed by atoms with Gasteiger partial charge in [-0.2, -0.15) is 0 Å². The van der Waals surface area contributed by atoms with Crippen molar-refractivity contribution >= 4 is 34.4 Å². The van der Waals surface area contributed by atoms with E-state index in [1.807, 2.05) is 31.2 Å². The summed E-state index contributed by atoms with van der Waals surface area (Å²) in [5, 5.41) is 12.6. The Morgan fingerprint density at radius 3 is 2.91 bits per heavy atom. The van der Waals surface area contributed by atoms with Crippen molar-refractivity contribution in [1.29, 1.82) is 0 Å². The third-order valence-corrected chi connectivity index (χ3v) is 12.2. The van der Waals surface area contributed by atoms with Crippen molar-refractivity contribution in [1.82, 2.24) is 9.97 Å². The van der Waals surface area contributed by atoms with Crippen LogP contribution in [0.3, 0.4) is 0 Å². The Bertz CT molecular complexity index is 1520. The number of fused-ring (bicyclic) bond motifs is 8. The fourth-order valence-corrected chi connectivity index (χ4v) is 10.4. The number of benzene rings is 1. The van der Waals surface area contributed by atoms with Gasteiger partial charge in [0.2, 0.25) is 0 Å². The smallest absolute Gasteiger partial charge is 0.178 e. The van der Waals surface area contributed by atoms with Gasteiger partial charge in [0.1, 0.15) is 5.75 Å². The van der Waals surface area contributed by atoms with Crippen LogP contribution in [0.25, 0.3) is 11.0 Å². The number of nitrogens with one attached hydrogen (secondary N) is 1. The molecular weight excluding hydrogens is 564 g/mol. The number of hydrogen-bond acceptors (Lipinski definition) is 8. The second-order valence-electron chi connectivity index (χ2n) is 13.5. The molecule has 2 N–H and O–H groups in total. The lowest BCUT2D eigenvalue weighted by Gasteiger charge is -2.59. The maximum Gasteiger partial charge on any atom is 0.178 e. The Hall–Kier alpha value is -2.46. The van der Waals surface area contributed by atoms with E-state index in [-0.39, 0.29) is 46.6 Å². The fourth-order valence-electron chi connectivity index (χ4n) is 9.54. The first kappa shape index (κ1) is 29.3. The molecule has 0 amide bonds. The molecule has 0 radical (unpaired) electrons. The maximum absolute atomic E-state index is 14.6. The summed E-state index contributed by atoms with van der Waals surface area (Å²) in [5.41, 5.74) is 0.749. The number of carbonyl (C=O) groups excluding carboxylic acids is 2. The average molecular weight is 607 g/mol. The number of ketones is 2. The normalized spacial score (nSPS) is 39.7. The summed E-state index contributed by atoms with van der Waals surface area (Å²) in [6, 6.07) is 5.76. The first-order chi connectivity index (χ1) is 20.6. The van der Waals surface area contributed by atoms with Crippen molar-refractivity contribution in [3.8, 4) is 5.75 Å². The monoisotopic (exact) mass is 606 g/mol. The summed E-state index contributed by atoms with van der Waals surface area (Å²) in [6.07, 6.45) is 8.59. The lowest BCUT2D eigenvalue weighted by molar-refractivity contribution is -0.197. The van der Waals surface area contributed by atoms with Gasteiger partial charge in [0, 0.05) is 22.8 Å². The SMILES string of the molecule is CCC[C@@H]1O[C@@H]2CC3C4CCC5=CC(=O)C=CC5(C)C4C(O)CC3(C)[C@]2(C(=O)CSc2nc3ccc(OCC)cc3[nH]2)O1. The number of aliphatic hydroxyl groups is 1. The van der Waals surface area contributed by atoms with Crippen LogP contribution in [0.15, 0.2) is 47.2 Å². The molecule has 2 heterocycles. The molecule has 0 spiro atoms. The van der Waals surface area contributed by atoms with E-state index >= 15 is 0 Å². The number of Topliss-reactive ketones (excluding diaryl/α,β-unsaturated/α-hetero) is 1. The highest BCUT2D eigenvalue weighted by Crippen LogP contribution is 2.69. The summed E-state index contributed by atoms with van der Waals surface area (Å²) in [7, 11) is 0. The van der Waals surface area contributed by atoms with Gasteiger partial charge >= 0.3 is 0 Å². The molecule has 6 unspecified atom stereocenters. The minimum atomic E-state index is -1.13. The number of imidazole rings is 1. The molecule has 8 nitrogen and oxygen atoms in total. The van der Waals surface area contributed by atoms with Crippen LogP contribution >= 0.6 is 11.8 Å². The zero-order chi connectivity index (χ0) is 30.1. The van der Waals surface area contributed by atoms with Crippen molar-refractivity contribution in [2.75, 3.05) is 12.4 Å². The Morgan fingerprint density at radius 2 is 2.12 bits per heavy atom. The summed E-state index contributed by atoms with van der Waals surface area (Å²) in [4.78, 5) is 34.8. The first-order valence-corrected chi connectivity index (χ1v) is 16.9. The number of hydrogen-bond donors (Lipinski definition) is 2. The maximum atomic E-state index is 14.6. The largest absolute Gasteiger partial charge is 0.494 e. The number of aromatic nitrogens is 2. The van der Waals surface area contributed by atoms with E-state index in [0.29, 0.717) is 18.2 Å². The number of nitrogens with zero attached hydrogens (tertiary/aromatic N) is 1. The molecule has 5 aliphatic rings. The van der Waals surface area contributed by atoms with Gasteiger partial charge in [0.05, 0.1) is 35.6 Å². The van der Waals surface area contributed by atoms with E-state index in [4.69, 9.17) is 19.2 Å². The first-order valence-electron chi connectivity index (χ1n) is 15.9. The molecule has 0 bridgehead atoms. The number of H-pyrrole nitrogens is 1. The number of ether oxygens (including phenoxy) is 3. The summed E-state index contributed by atoms with van der Waals surface area (Å²) in [5.74, 6) is 1.36. The lowest BCUT2D eigenvalue weighted by atomic mass is 9.46. The van der Waals surface area contributed by atoms with Crippen molar-refractivity contribution in [2.45, 2.75) is 95.5 Å². The zero-order valence-corrected chi connectivity index (χ0v) is 26.2. The van der Waals surface area contributed by atoms with Crippen LogP contribution in [-0.4, -0.2) is 63.1 Å². The molecule has 9 heteroatoms. The van der Waals surface area contributed by atoms with E-state index in [2.05, 4.69) is 25.8 Å². The van der Waals surface area contributed by atoms with Crippen LogP contribution in [0.1, 0.15) is 66.2 Å². The number of aliphatic hydroxyl groups excluding tert-OH is 1. The number of thioether (sulfide) groups is 1. The van der Waals surface area contributed by atoms with E-state index in [1.54, 1.807) is 12.2 Å². The Kier molecular flexibility index (Phi) is 7.19. The van der Waals surface area contributed by atoms with Crippen molar-refractivity contribution in [2.24, 2.45) is 28.6 Å². The van der Waals surface area contributed by atoms with Gasteiger partial charge in [0.25, 0.3) is 0 Å². The quantitative estimate of drug-likeness (QED) is 0.363. The minimum absolute atomic E-state index is 0.0120. The predicted octanol–water partition coefficient (Wildman–Crippen LogP) is 5.79. The predicted molar refractivity (Wildman–Crippen MR) is 164 cm³/mol. The Labute approximate surface area is 257 Å². The molecule has 1 aliphatic heterocycles. The van der Waals surface area contributed by atoms with E-state index in [0.717, 1.165) is 54.5 Å². The van der Waals surface area contributed by atoms with Gasteiger partial charge in [-0.1, -0.05) is 50.6 Å². The van der Waals surface area contributed by atoms with Crippen LogP contribution < -0.4 is 4.74 Å². The molecule has 7 rings (SSSR count). The lowest BCUT2D eigenvalue weighted by Crippen LogP contribution is -2.63. The molecule has 230 valence electrons. The summed E-state index contributed by atoms with van der Waals surface area (Å²) >= 11 is 1.39. The average Bonchev–Trinajstić information content (AvgIpc) is 3.61. The standard InChI is InChI=1S/C34H42N2O6S/c1-5-7-29-41-28-16-23-22-10-8-19-14-20(37)12-13-32(19,3)30(22)26(38)17-33(23,4)34(28,42-29)27(39)18-43-31-35-24-11-9-21(40-6-2)15-25(24)36-31/h9,11-15,22-23,26,28-30,38H,5-8,10,16-18H2,1-4H3,(H,35,36)/t22?,23?,26?,28-,29-,30?,32?,33?,34-/m1/s1. The van der Waals surface area contributed by atoms with Crippen LogP contribution in [0.5, 0.6) is 5.75 Å². The molecule has 9 atom stereocenters. The number of rotatable bonds is 8. The van der Waals surface area contributed by atoms with E-state index in [1.165, 1.54) is 11.8 Å². The molecule has 3 saturated carbocycles. The van der Waals surface area contributed by atoms with Crippen LogP contribution in [0.2, 0.25) is 0 Å². The van der Waals surface area contributed by atoms with E-state index < -0.39 is 23.4 Å². The van der Waals surface area contributed by atoms with Crippen molar-refractivity contribution < 1.29 is 28.9 Å². The van der Waals surface area contributed by atoms with Crippen molar-refractivity contribution in [3.05, 3.63) is 42.0 Å². The molecule has 2 aromatic rings. The zero-order valence-electron chi connectivity index (χ0n) is 25.4. The number of allylic oxidation sites excluding steroid dienone is 4.